The maximum atomic E-state index is 12.3. The third-order valence-electron chi connectivity index (χ3n) is 3.55. The Morgan fingerprint density at radius 1 is 1.20 bits per heavy atom. The summed E-state index contributed by atoms with van der Waals surface area (Å²) in [7, 11) is 0. The summed E-state index contributed by atoms with van der Waals surface area (Å²) in [5.41, 5.74) is 4.55. The first-order valence-corrected chi connectivity index (χ1v) is 6.46. The number of benzene rings is 2. The number of nitrogens with one attached hydrogen (secondary N) is 2. The lowest BCUT2D eigenvalue weighted by Gasteiger charge is -2.09. The van der Waals surface area contributed by atoms with E-state index in [0.717, 1.165) is 27.7 Å². The highest BCUT2D eigenvalue weighted by Gasteiger charge is 2.10. The summed E-state index contributed by atoms with van der Waals surface area (Å²) < 4.78 is 0. The smallest absolute Gasteiger partial charge is 0.255 e. The van der Waals surface area contributed by atoms with Crippen molar-refractivity contribution in [3.8, 4) is 0 Å². The Kier molecular flexibility index (Phi) is 2.99. The summed E-state index contributed by atoms with van der Waals surface area (Å²) in [5.74, 6) is -0.0888. The van der Waals surface area contributed by atoms with E-state index < -0.39 is 0 Å². The van der Waals surface area contributed by atoms with Gasteiger partial charge in [0.05, 0.1) is 11.7 Å². The van der Waals surface area contributed by atoms with Gasteiger partial charge in [-0.2, -0.15) is 5.10 Å². The van der Waals surface area contributed by atoms with Crippen molar-refractivity contribution in [1.29, 1.82) is 0 Å². The maximum absolute atomic E-state index is 12.3. The molecular weight excluding hydrogens is 250 g/mol. The first-order valence-electron chi connectivity index (χ1n) is 6.46. The zero-order valence-corrected chi connectivity index (χ0v) is 11.4. The van der Waals surface area contributed by atoms with E-state index in [4.69, 9.17) is 0 Å². The molecule has 0 aliphatic rings. The molecule has 0 saturated carbocycles. The van der Waals surface area contributed by atoms with Gasteiger partial charge in [-0.25, -0.2) is 0 Å². The van der Waals surface area contributed by atoms with E-state index in [2.05, 4.69) is 15.5 Å². The molecule has 2 aromatic carbocycles. The van der Waals surface area contributed by atoms with Crippen molar-refractivity contribution < 1.29 is 4.79 Å². The highest BCUT2D eigenvalue weighted by Crippen LogP contribution is 2.19. The average molecular weight is 265 g/mol. The van der Waals surface area contributed by atoms with Gasteiger partial charge in [0.2, 0.25) is 0 Å². The van der Waals surface area contributed by atoms with Crippen molar-refractivity contribution in [2.24, 2.45) is 0 Å². The zero-order valence-electron chi connectivity index (χ0n) is 11.4. The minimum Gasteiger partial charge on any atom is -0.322 e. The lowest BCUT2D eigenvalue weighted by atomic mass is 10.0. The van der Waals surface area contributed by atoms with Crippen molar-refractivity contribution in [2.75, 3.05) is 5.32 Å². The predicted octanol–water partition coefficient (Wildman–Crippen LogP) is 3.43. The van der Waals surface area contributed by atoms with Crippen LogP contribution in [0, 0.1) is 13.8 Å². The molecule has 2 N–H and O–H groups in total. The van der Waals surface area contributed by atoms with Crippen LogP contribution in [0.3, 0.4) is 0 Å². The number of nitrogens with zero attached hydrogens (tertiary/aromatic N) is 1. The summed E-state index contributed by atoms with van der Waals surface area (Å²) in [5, 5.41) is 10.8. The van der Waals surface area contributed by atoms with Crippen LogP contribution in [0.25, 0.3) is 10.9 Å². The van der Waals surface area contributed by atoms with E-state index in [1.54, 1.807) is 6.20 Å². The van der Waals surface area contributed by atoms with Crippen LogP contribution in [0.5, 0.6) is 0 Å². The molecule has 4 heteroatoms. The number of hydrogen-bond donors (Lipinski definition) is 2. The minimum atomic E-state index is -0.0888. The normalized spacial score (nSPS) is 10.7. The van der Waals surface area contributed by atoms with Crippen molar-refractivity contribution in [3.05, 3.63) is 59.3 Å². The molecule has 0 aliphatic heterocycles. The van der Waals surface area contributed by atoms with Crippen LogP contribution in [0.2, 0.25) is 0 Å². The minimum absolute atomic E-state index is 0.0888. The highest BCUT2D eigenvalue weighted by molar-refractivity contribution is 6.06. The Hall–Kier alpha value is -2.62. The SMILES string of the molecule is Cc1cccc(C(=O)Nc2ccc3[nH]ncc3c2)c1C. The fraction of sp³-hybridized carbons (Fsp3) is 0.125. The van der Waals surface area contributed by atoms with E-state index in [1.165, 1.54) is 0 Å². The van der Waals surface area contributed by atoms with Gasteiger partial charge < -0.3 is 5.32 Å². The summed E-state index contributed by atoms with van der Waals surface area (Å²) in [6.45, 7) is 3.97. The van der Waals surface area contributed by atoms with Crippen LogP contribution < -0.4 is 5.32 Å². The lowest BCUT2D eigenvalue weighted by Crippen LogP contribution is -2.13. The molecule has 1 aromatic heterocycles. The van der Waals surface area contributed by atoms with Gasteiger partial charge in [-0.1, -0.05) is 12.1 Å². The molecule has 0 saturated heterocycles. The highest BCUT2D eigenvalue weighted by atomic mass is 16.1. The maximum Gasteiger partial charge on any atom is 0.255 e. The van der Waals surface area contributed by atoms with Crippen molar-refractivity contribution in [1.82, 2.24) is 10.2 Å². The molecule has 0 atom stereocenters. The molecule has 1 heterocycles. The molecule has 3 rings (SSSR count). The summed E-state index contributed by atoms with van der Waals surface area (Å²) >= 11 is 0. The van der Waals surface area contributed by atoms with Gasteiger partial charge in [-0.3, -0.25) is 9.89 Å². The van der Waals surface area contributed by atoms with Gasteiger partial charge in [-0.15, -0.1) is 0 Å². The largest absolute Gasteiger partial charge is 0.322 e. The third-order valence-corrected chi connectivity index (χ3v) is 3.55. The van der Waals surface area contributed by atoms with Crippen LogP contribution in [0.4, 0.5) is 5.69 Å². The standard InChI is InChI=1S/C16H15N3O/c1-10-4-3-5-14(11(10)2)16(20)18-13-6-7-15-12(8-13)9-17-19-15/h3-9H,1-2H3,(H,17,19)(H,18,20). The lowest BCUT2D eigenvalue weighted by molar-refractivity contribution is 0.102. The quantitative estimate of drug-likeness (QED) is 0.745. The zero-order chi connectivity index (χ0) is 14.1. The monoisotopic (exact) mass is 265 g/mol. The number of rotatable bonds is 2. The summed E-state index contributed by atoms with van der Waals surface area (Å²) in [6, 6.07) is 11.4. The van der Waals surface area contributed by atoms with E-state index in [9.17, 15) is 4.79 Å². The summed E-state index contributed by atoms with van der Waals surface area (Å²) in [4.78, 5) is 12.3. The number of fused-ring (bicyclic) bond motifs is 1. The molecule has 100 valence electrons. The second kappa shape index (κ2) is 4.81. The Balaban J connectivity index is 1.90. The number of amides is 1. The molecule has 0 radical (unpaired) electrons. The van der Waals surface area contributed by atoms with Crippen molar-refractivity contribution >= 4 is 22.5 Å². The van der Waals surface area contributed by atoms with Gasteiger partial charge in [0.15, 0.2) is 0 Å². The molecule has 0 bridgehead atoms. The summed E-state index contributed by atoms with van der Waals surface area (Å²) in [6.07, 6.45) is 1.74. The van der Waals surface area contributed by atoms with Crippen LogP contribution in [0.1, 0.15) is 21.5 Å². The van der Waals surface area contributed by atoms with Gasteiger partial charge in [0.1, 0.15) is 0 Å². The van der Waals surface area contributed by atoms with Gasteiger partial charge >= 0.3 is 0 Å². The number of anilines is 1. The third kappa shape index (κ3) is 2.16. The fourth-order valence-electron chi connectivity index (χ4n) is 2.22. The molecular formula is C16H15N3O. The molecule has 3 aromatic rings. The van der Waals surface area contributed by atoms with Crippen LogP contribution in [-0.2, 0) is 0 Å². The number of aromatic nitrogens is 2. The molecule has 20 heavy (non-hydrogen) atoms. The Morgan fingerprint density at radius 3 is 2.90 bits per heavy atom. The van der Waals surface area contributed by atoms with Gasteiger partial charge in [0, 0.05) is 16.6 Å². The average Bonchev–Trinajstić information content (AvgIpc) is 2.89. The van der Waals surface area contributed by atoms with E-state index in [-0.39, 0.29) is 5.91 Å². The van der Waals surface area contributed by atoms with Crippen LogP contribution in [0.15, 0.2) is 42.6 Å². The number of aryl methyl sites for hydroxylation is 1. The number of hydrogen-bond acceptors (Lipinski definition) is 2. The first-order chi connectivity index (χ1) is 9.65. The Bertz CT molecular complexity index is 789. The van der Waals surface area contributed by atoms with Gasteiger partial charge in [0.25, 0.3) is 5.91 Å². The topological polar surface area (TPSA) is 57.8 Å². The number of H-pyrrole nitrogens is 1. The van der Waals surface area contributed by atoms with E-state index in [1.807, 2.05) is 50.2 Å². The molecule has 0 unspecified atom stereocenters. The Morgan fingerprint density at radius 2 is 2.05 bits per heavy atom. The van der Waals surface area contributed by atoms with Crippen molar-refractivity contribution in [2.45, 2.75) is 13.8 Å². The van der Waals surface area contributed by atoms with Gasteiger partial charge in [-0.05, 0) is 49.2 Å². The first kappa shape index (κ1) is 12.4. The van der Waals surface area contributed by atoms with Crippen LogP contribution >= 0.6 is 0 Å². The number of aromatic amines is 1. The number of carbonyl (C=O) groups excluding carboxylic acids is 1. The van der Waals surface area contributed by atoms with Crippen molar-refractivity contribution in [3.63, 3.8) is 0 Å². The molecule has 0 fully saturated rings. The fourth-order valence-corrected chi connectivity index (χ4v) is 2.22. The predicted molar refractivity (Wildman–Crippen MR) is 80.0 cm³/mol. The van der Waals surface area contributed by atoms with E-state index >= 15 is 0 Å². The molecule has 1 amide bonds. The molecule has 4 nitrogen and oxygen atoms in total. The second-order valence-corrected chi connectivity index (χ2v) is 4.87. The van der Waals surface area contributed by atoms with Crippen LogP contribution in [-0.4, -0.2) is 16.1 Å². The molecule has 0 aliphatic carbocycles. The molecule has 0 spiro atoms. The number of carbonyl (C=O) groups is 1. The van der Waals surface area contributed by atoms with E-state index in [0.29, 0.717) is 5.56 Å². The Labute approximate surface area is 116 Å². The second-order valence-electron chi connectivity index (χ2n) is 4.87.